The van der Waals surface area contributed by atoms with Crippen LogP contribution in [0.5, 0.6) is 5.75 Å². The molecule has 1 saturated heterocycles. The lowest BCUT2D eigenvalue weighted by atomic mass is 10.0. The summed E-state index contributed by atoms with van der Waals surface area (Å²) in [5.41, 5.74) is 1.58. The van der Waals surface area contributed by atoms with Crippen LogP contribution < -0.4 is 20.4 Å². The number of rotatable bonds is 6. The van der Waals surface area contributed by atoms with E-state index in [0.29, 0.717) is 54.1 Å². The number of piperazine rings is 1. The van der Waals surface area contributed by atoms with Crippen molar-refractivity contribution in [3.05, 3.63) is 88.8 Å². The van der Waals surface area contributed by atoms with Gasteiger partial charge in [-0.25, -0.2) is 4.39 Å². The molecular weight excluding hydrogens is 461 g/mol. The fourth-order valence-corrected chi connectivity index (χ4v) is 4.50. The molecule has 1 fully saturated rings. The quantitative estimate of drug-likeness (QED) is 0.436. The third-order valence-corrected chi connectivity index (χ3v) is 6.34. The summed E-state index contributed by atoms with van der Waals surface area (Å²) in [5, 5.41) is 3.25. The zero-order valence-corrected chi connectivity index (χ0v) is 19.9. The number of para-hydroxylation sites is 2. The Morgan fingerprint density at radius 2 is 1.75 bits per heavy atom. The second-order valence-corrected chi connectivity index (χ2v) is 8.63. The first-order chi connectivity index (χ1) is 17.5. The summed E-state index contributed by atoms with van der Waals surface area (Å²) in [6.07, 6.45) is 0. The van der Waals surface area contributed by atoms with Crippen LogP contribution >= 0.6 is 0 Å². The van der Waals surface area contributed by atoms with Gasteiger partial charge in [-0.3, -0.25) is 19.8 Å². The van der Waals surface area contributed by atoms with Gasteiger partial charge >= 0.3 is 0 Å². The van der Waals surface area contributed by atoms with Gasteiger partial charge in [-0.1, -0.05) is 36.4 Å². The molecule has 0 atom stereocenters. The molecule has 36 heavy (non-hydrogen) atoms. The van der Waals surface area contributed by atoms with E-state index in [1.54, 1.807) is 67.8 Å². The molecule has 0 radical (unpaired) electrons. The van der Waals surface area contributed by atoms with Crippen molar-refractivity contribution >= 4 is 28.4 Å². The van der Waals surface area contributed by atoms with E-state index in [2.05, 4.69) is 5.32 Å². The highest BCUT2D eigenvalue weighted by Gasteiger charge is 2.23. The molecule has 0 bridgehead atoms. The number of nitrogens with one attached hydrogen (secondary N) is 1. The zero-order chi connectivity index (χ0) is 25.1. The van der Waals surface area contributed by atoms with Crippen molar-refractivity contribution in [3.63, 3.8) is 0 Å². The van der Waals surface area contributed by atoms with Crippen molar-refractivity contribution in [2.24, 2.45) is 0 Å². The summed E-state index contributed by atoms with van der Waals surface area (Å²) < 4.78 is 25.5. The number of amides is 1. The first-order valence-electron chi connectivity index (χ1n) is 11.8. The Kier molecular flexibility index (Phi) is 6.69. The van der Waals surface area contributed by atoms with Crippen molar-refractivity contribution in [2.45, 2.75) is 0 Å². The number of carbonyl (C=O) groups is 1. The van der Waals surface area contributed by atoms with Crippen LogP contribution in [0.3, 0.4) is 0 Å². The molecule has 7 nitrogen and oxygen atoms in total. The van der Waals surface area contributed by atoms with Crippen molar-refractivity contribution in [2.75, 3.05) is 50.1 Å². The van der Waals surface area contributed by atoms with Crippen LogP contribution in [0.2, 0.25) is 0 Å². The summed E-state index contributed by atoms with van der Waals surface area (Å²) >= 11 is 0. The molecule has 1 aromatic heterocycles. The number of anilines is 2. The van der Waals surface area contributed by atoms with E-state index in [1.807, 2.05) is 15.9 Å². The number of fused-ring (bicyclic) bond motifs is 1. The molecule has 8 heteroatoms. The molecule has 3 aromatic carbocycles. The minimum atomic E-state index is -0.295. The molecule has 184 valence electrons. The molecule has 1 aliphatic rings. The van der Waals surface area contributed by atoms with Crippen molar-refractivity contribution in [1.29, 1.82) is 0 Å². The standard InChI is InChI=1S/C28H26FN3O4/c1-35-20-8-6-7-19(17-20)26-27(34)21-9-2-5-12-24(21)36-28(26)30-25(33)18-31-13-15-32(16-14-31)23-11-4-3-10-22(23)29/h2-12,17H,13-16,18H2,1H3,(H,30,33). The van der Waals surface area contributed by atoms with E-state index in [-0.39, 0.29) is 35.1 Å². The number of benzene rings is 3. The maximum Gasteiger partial charge on any atom is 0.240 e. The maximum absolute atomic E-state index is 14.1. The highest BCUT2D eigenvalue weighted by molar-refractivity contribution is 5.97. The first-order valence-corrected chi connectivity index (χ1v) is 11.8. The Hall–Kier alpha value is -4.17. The lowest BCUT2D eigenvalue weighted by Crippen LogP contribution is -2.49. The Labute approximate surface area is 207 Å². The van der Waals surface area contributed by atoms with E-state index < -0.39 is 0 Å². The van der Waals surface area contributed by atoms with Crippen molar-refractivity contribution < 1.29 is 18.3 Å². The smallest absolute Gasteiger partial charge is 0.240 e. The Morgan fingerprint density at radius 3 is 2.53 bits per heavy atom. The summed E-state index contributed by atoms with van der Waals surface area (Å²) in [7, 11) is 1.55. The van der Waals surface area contributed by atoms with Gasteiger partial charge in [-0.2, -0.15) is 0 Å². The Morgan fingerprint density at radius 1 is 1.00 bits per heavy atom. The molecule has 1 N–H and O–H groups in total. The van der Waals surface area contributed by atoms with Gasteiger partial charge in [0.15, 0.2) is 0 Å². The fourth-order valence-electron chi connectivity index (χ4n) is 4.50. The molecule has 1 aliphatic heterocycles. The summed E-state index contributed by atoms with van der Waals surface area (Å²) in [6, 6.07) is 20.7. The highest BCUT2D eigenvalue weighted by Crippen LogP contribution is 2.30. The van der Waals surface area contributed by atoms with Gasteiger partial charge in [0.2, 0.25) is 17.2 Å². The predicted molar refractivity (Wildman–Crippen MR) is 138 cm³/mol. The van der Waals surface area contributed by atoms with Crippen molar-refractivity contribution in [3.8, 4) is 16.9 Å². The number of ether oxygens (including phenoxy) is 1. The van der Waals surface area contributed by atoms with Crippen LogP contribution in [0.25, 0.3) is 22.1 Å². The SMILES string of the molecule is COc1cccc(-c2c(NC(=O)CN3CCN(c4ccccc4F)CC3)oc3ccccc3c2=O)c1. The largest absolute Gasteiger partial charge is 0.497 e. The van der Waals surface area contributed by atoms with E-state index in [0.717, 1.165) is 0 Å². The molecule has 0 aliphatic carbocycles. The number of methoxy groups -OCH3 is 1. The number of hydrogen-bond donors (Lipinski definition) is 1. The topological polar surface area (TPSA) is 75.0 Å². The number of carbonyl (C=O) groups excluding carboxylic acids is 1. The van der Waals surface area contributed by atoms with Gasteiger partial charge in [-0.05, 0) is 42.0 Å². The second kappa shape index (κ2) is 10.2. The van der Waals surface area contributed by atoms with Crippen molar-refractivity contribution in [1.82, 2.24) is 4.90 Å². The minimum Gasteiger partial charge on any atom is -0.497 e. The molecule has 4 aromatic rings. The zero-order valence-electron chi connectivity index (χ0n) is 19.9. The maximum atomic E-state index is 14.1. The van der Waals surface area contributed by atoms with E-state index in [4.69, 9.17) is 9.15 Å². The lowest BCUT2D eigenvalue weighted by Gasteiger charge is -2.35. The third-order valence-electron chi connectivity index (χ3n) is 6.34. The fraction of sp³-hybridized carbons (Fsp3) is 0.214. The summed E-state index contributed by atoms with van der Waals surface area (Å²) in [6.45, 7) is 2.54. The van der Waals surface area contributed by atoms with E-state index >= 15 is 0 Å². The monoisotopic (exact) mass is 487 g/mol. The van der Waals surface area contributed by atoms with Gasteiger partial charge in [0, 0.05) is 26.2 Å². The van der Waals surface area contributed by atoms with Crippen LogP contribution in [-0.4, -0.2) is 50.6 Å². The van der Waals surface area contributed by atoms with Gasteiger partial charge < -0.3 is 14.1 Å². The second-order valence-electron chi connectivity index (χ2n) is 8.63. The Bertz CT molecular complexity index is 1460. The van der Waals surface area contributed by atoms with Gasteiger partial charge in [0.1, 0.15) is 17.1 Å². The Balaban J connectivity index is 1.36. The van der Waals surface area contributed by atoms with Crippen LogP contribution in [0.4, 0.5) is 16.0 Å². The van der Waals surface area contributed by atoms with Gasteiger partial charge in [0.25, 0.3) is 0 Å². The molecule has 0 unspecified atom stereocenters. The number of nitrogens with zero attached hydrogens (tertiary/aromatic N) is 2. The number of halogens is 1. The van der Waals surface area contributed by atoms with Crippen LogP contribution in [0.1, 0.15) is 0 Å². The third kappa shape index (κ3) is 4.81. The number of hydrogen-bond acceptors (Lipinski definition) is 6. The molecule has 2 heterocycles. The lowest BCUT2D eigenvalue weighted by molar-refractivity contribution is -0.117. The average Bonchev–Trinajstić information content (AvgIpc) is 2.90. The molecular formula is C28H26FN3O4. The van der Waals surface area contributed by atoms with Crippen LogP contribution in [-0.2, 0) is 4.79 Å². The molecule has 1 amide bonds. The molecule has 0 spiro atoms. The normalized spacial score (nSPS) is 14.1. The van der Waals surface area contributed by atoms with Gasteiger partial charge in [0.05, 0.1) is 30.3 Å². The van der Waals surface area contributed by atoms with E-state index in [1.165, 1.54) is 6.07 Å². The van der Waals surface area contributed by atoms with E-state index in [9.17, 15) is 14.0 Å². The first kappa shape index (κ1) is 23.6. The van der Waals surface area contributed by atoms with Crippen LogP contribution in [0, 0.1) is 5.82 Å². The molecule has 5 rings (SSSR count). The highest BCUT2D eigenvalue weighted by atomic mass is 19.1. The average molecular weight is 488 g/mol. The van der Waals surface area contributed by atoms with Crippen LogP contribution in [0.15, 0.2) is 82.0 Å². The minimum absolute atomic E-state index is 0.0990. The predicted octanol–water partition coefficient (Wildman–Crippen LogP) is 4.37. The summed E-state index contributed by atoms with van der Waals surface area (Å²) in [4.78, 5) is 30.4. The summed E-state index contributed by atoms with van der Waals surface area (Å²) in [5.74, 6) is 0.143. The van der Waals surface area contributed by atoms with Gasteiger partial charge in [-0.15, -0.1) is 0 Å². The molecule has 0 saturated carbocycles.